The maximum absolute atomic E-state index is 13.1. The molecule has 2 heterocycles. The summed E-state index contributed by atoms with van der Waals surface area (Å²) >= 11 is 0. The van der Waals surface area contributed by atoms with E-state index in [0.717, 1.165) is 44.8 Å². The van der Waals surface area contributed by atoms with E-state index in [9.17, 15) is 9.90 Å². The number of rotatable bonds is 2. The molecule has 0 bridgehead atoms. The molecule has 1 aliphatic carbocycles. The van der Waals surface area contributed by atoms with Crippen LogP contribution in [0.2, 0.25) is 0 Å². The van der Waals surface area contributed by atoms with Crippen molar-refractivity contribution in [3.8, 4) is 0 Å². The minimum absolute atomic E-state index is 0.201. The van der Waals surface area contributed by atoms with E-state index >= 15 is 0 Å². The molecule has 35 heavy (non-hydrogen) atoms. The fraction of sp³-hybridized carbons (Fsp3) is 0.290. The monoisotopic (exact) mass is 465 g/mol. The summed E-state index contributed by atoms with van der Waals surface area (Å²) < 4.78 is 8.25. The number of ketones is 1. The molecule has 0 fully saturated rings. The van der Waals surface area contributed by atoms with E-state index in [1.54, 1.807) is 12.2 Å². The third kappa shape index (κ3) is 3.78. The molecule has 2 aliphatic heterocycles. The zero-order chi connectivity index (χ0) is 25.3. The van der Waals surface area contributed by atoms with E-state index in [4.69, 9.17) is 4.74 Å². The molecule has 0 radical (unpaired) electrons. The zero-order valence-electron chi connectivity index (χ0n) is 21.4. The second kappa shape index (κ2) is 7.67. The van der Waals surface area contributed by atoms with Gasteiger partial charge in [-0.25, -0.2) is 0 Å². The molecule has 0 N–H and O–H groups in total. The Balaban J connectivity index is 1.56. The van der Waals surface area contributed by atoms with Crippen LogP contribution in [0.1, 0.15) is 47.1 Å². The van der Waals surface area contributed by atoms with Crippen molar-refractivity contribution in [1.29, 1.82) is 0 Å². The first-order valence-corrected chi connectivity index (χ1v) is 12.0. The van der Waals surface area contributed by atoms with Crippen LogP contribution in [0.15, 0.2) is 94.7 Å². The van der Waals surface area contributed by atoms with E-state index < -0.39 is 0 Å². The van der Waals surface area contributed by atoms with Gasteiger partial charge in [-0.3, -0.25) is 4.79 Å². The molecule has 2 aromatic rings. The molecule has 0 aromatic heterocycles. The van der Waals surface area contributed by atoms with Gasteiger partial charge < -0.3 is 9.84 Å². The lowest BCUT2D eigenvalue weighted by Gasteiger charge is -2.33. The quantitative estimate of drug-likeness (QED) is 0.413. The Morgan fingerprint density at radius 3 is 2.06 bits per heavy atom. The smallest absolute Gasteiger partial charge is 0.214 e. The molecule has 0 amide bonds. The van der Waals surface area contributed by atoms with E-state index in [1.165, 1.54) is 0 Å². The van der Waals surface area contributed by atoms with Crippen molar-refractivity contribution in [2.24, 2.45) is 10.8 Å². The molecule has 5 rings (SSSR count). The Kier molecular flexibility index (Phi) is 5.06. The molecular formula is C31H31NO3. The first-order valence-electron chi connectivity index (χ1n) is 12.0. The first-order chi connectivity index (χ1) is 16.4. The van der Waals surface area contributed by atoms with Crippen LogP contribution < -0.4 is 5.11 Å². The Bertz CT molecular complexity index is 1450. The topological polar surface area (TPSA) is 52.4 Å². The largest absolute Gasteiger partial charge is 0.871 e. The van der Waals surface area contributed by atoms with Crippen molar-refractivity contribution < 1.29 is 19.2 Å². The van der Waals surface area contributed by atoms with Gasteiger partial charge in [0.2, 0.25) is 11.4 Å². The molecule has 0 spiro atoms. The Morgan fingerprint density at radius 1 is 0.886 bits per heavy atom. The van der Waals surface area contributed by atoms with Gasteiger partial charge in [-0.15, -0.1) is 0 Å². The summed E-state index contributed by atoms with van der Waals surface area (Å²) in [6.07, 6.45) is 7.32. The number of allylic oxidation sites excluding steroid dienone is 9. The van der Waals surface area contributed by atoms with Crippen LogP contribution >= 0.6 is 0 Å². The average Bonchev–Trinajstić information content (AvgIpc) is 3.07. The van der Waals surface area contributed by atoms with Gasteiger partial charge in [0.1, 0.15) is 18.6 Å². The third-order valence-corrected chi connectivity index (χ3v) is 6.75. The lowest BCUT2D eigenvalue weighted by molar-refractivity contribution is -0.399. The molecule has 4 heteroatoms. The zero-order valence-corrected chi connectivity index (χ0v) is 21.4. The highest BCUT2D eigenvalue weighted by atomic mass is 16.5. The highest BCUT2D eigenvalue weighted by molar-refractivity contribution is 6.27. The maximum Gasteiger partial charge on any atom is 0.214 e. The molecule has 0 saturated heterocycles. The number of hydrogen-bond acceptors (Lipinski definition) is 3. The average molecular weight is 466 g/mol. The second-order valence-corrected chi connectivity index (χ2v) is 11.5. The summed E-state index contributed by atoms with van der Waals surface area (Å²) in [5.74, 6) is 1.21. The molecule has 0 saturated carbocycles. The van der Waals surface area contributed by atoms with E-state index in [0.29, 0.717) is 0 Å². The third-order valence-electron chi connectivity index (χ3n) is 6.75. The van der Waals surface area contributed by atoms with Crippen LogP contribution in [0.25, 0.3) is 10.8 Å². The minimum Gasteiger partial charge on any atom is -0.871 e. The van der Waals surface area contributed by atoms with Crippen molar-refractivity contribution in [3.63, 3.8) is 0 Å². The summed E-state index contributed by atoms with van der Waals surface area (Å²) in [6.45, 7) is 12.5. The number of carbonyl (C=O) groups excluding carboxylic acids is 1. The van der Waals surface area contributed by atoms with Crippen LogP contribution in [-0.2, 0) is 9.53 Å². The summed E-state index contributed by atoms with van der Waals surface area (Å²) in [7, 11) is 1.97. The van der Waals surface area contributed by atoms with Crippen molar-refractivity contribution in [1.82, 2.24) is 0 Å². The van der Waals surface area contributed by atoms with Gasteiger partial charge in [-0.1, -0.05) is 71.6 Å². The van der Waals surface area contributed by atoms with Crippen LogP contribution in [-0.4, -0.2) is 23.1 Å². The summed E-state index contributed by atoms with van der Waals surface area (Å²) in [6, 6.07) is 12.3. The highest BCUT2D eigenvalue weighted by Crippen LogP contribution is 2.40. The SMILES string of the molecule is C[N+]1=C(C=C2C(=O)C(C=C3C=C(C(C)(C)C)OC(C(C)(C)C)=C3)=C2[O-])c2cccc3cccc1c23. The molecule has 2 aromatic carbocycles. The lowest BCUT2D eigenvalue weighted by atomic mass is 9.83. The number of carbonyl (C=O) groups is 1. The number of ether oxygens (including phenoxy) is 1. The van der Waals surface area contributed by atoms with Crippen molar-refractivity contribution in [2.45, 2.75) is 41.5 Å². The predicted molar refractivity (Wildman–Crippen MR) is 138 cm³/mol. The summed E-state index contributed by atoms with van der Waals surface area (Å²) in [5.41, 5.74) is 3.85. The second-order valence-electron chi connectivity index (χ2n) is 11.5. The molecular weight excluding hydrogens is 434 g/mol. The Morgan fingerprint density at radius 2 is 1.49 bits per heavy atom. The molecule has 178 valence electrons. The fourth-order valence-corrected chi connectivity index (χ4v) is 4.64. The number of hydrogen-bond donors (Lipinski definition) is 0. The Labute approximate surface area is 206 Å². The van der Waals surface area contributed by atoms with E-state index in [2.05, 4.69) is 64.3 Å². The van der Waals surface area contributed by atoms with Crippen LogP contribution in [0.3, 0.4) is 0 Å². The highest BCUT2D eigenvalue weighted by Gasteiger charge is 2.33. The lowest BCUT2D eigenvalue weighted by Crippen LogP contribution is -2.30. The van der Waals surface area contributed by atoms with Crippen molar-refractivity contribution >= 4 is 28.0 Å². The van der Waals surface area contributed by atoms with Crippen LogP contribution in [0.4, 0.5) is 5.69 Å². The van der Waals surface area contributed by atoms with Crippen molar-refractivity contribution in [2.75, 3.05) is 7.05 Å². The van der Waals surface area contributed by atoms with Gasteiger partial charge in [-0.2, -0.15) is 4.58 Å². The van der Waals surface area contributed by atoms with E-state index in [1.807, 2.05) is 37.4 Å². The van der Waals surface area contributed by atoms with Gasteiger partial charge in [0.05, 0.1) is 10.9 Å². The van der Waals surface area contributed by atoms with Gasteiger partial charge in [-0.05, 0) is 35.3 Å². The molecule has 3 aliphatic rings. The first kappa shape index (κ1) is 23.1. The Hall–Kier alpha value is -3.66. The maximum atomic E-state index is 13.1. The number of benzene rings is 2. The van der Waals surface area contributed by atoms with Gasteiger partial charge >= 0.3 is 0 Å². The predicted octanol–water partition coefficient (Wildman–Crippen LogP) is 5.86. The summed E-state index contributed by atoms with van der Waals surface area (Å²) in [4.78, 5) is 13.1. The fourth-order valence-electron chi connectivity index (χ4n) is 4.64. The molecule has 4 nitrogen and oxygen atoms in total. The van der Waals surface area contributed by atoms with Crippen LogP contribution in [0, 0.1) is 10.8 Å². The van der Waals surface area contributed by atoms with E-state index in [-0.39, 0.29) is 33.5 Å². The number of nitrogens with zero attached hydrogens (tertiary/aromatic N) is 1. The van der Waals surface area contributed by atoms with Crippen LogP contribution in [0.5, 0.6) is 0 Å². The van der Waals surface area contributed by atoms with Gasteiger partial charge in [0, 0.05) is 34.1 Å². The summed E-state index contributed by atoms with van der Waals surface area (Å²) in [5, 5.41) is 15.4. The molecule has 0 atom stereocenters. The normalized spacial score (nSPS) is 19.2. The van der Waals surface area contributed by atoms with Crippen molar-refractivity contribution in [3.05, 3.63) is 100 Å². The number of Topliss-reactive ketones (excluding diaryl/α,β-unsaturated/α-hetero) is 1. The standard InChI is InChI=1S/C31H31NO3/c1-30(2,3)25-15-18(16-26(35-25)31(4,5)6)14-21-28(33)22(29(21)34)17-24-20-12-8-10-19-11-9-13-23(27(19)20)32(24)7/h8-17H,1-7H3. The minimum atomic E-state index is -0.213. The van der Waals surface area contributed by atoms with Gasteiger partial charge in [0.15, 0.2) is 5.78 Å². The van der Waals surface area contributed by atoms with Gasteiger partial charge in [0.25, 0.3) is 0 Å². The molecule has 0 unspecified atom stereocenters.